The van der Waals surface area contributed by atoms with Gasteiger partial charge in [0.15, 0.2) is 6.29 Å². The summed E-state index contributed by atoms with van der Waals surface area (Å²) in [5.41, 5.74) is -0.0680. The third-order valence-corrected chi connectivity index (χ3v) is 4.77. The highest BCUT2D eigenvalue weighted by Gasteiger charge is 2.56. The van der Waals surface area contributed by atoms with E-state index in [1.165, 1.54) is 24.3 Å². The molecule has 3 aliphatic rings. The molecular weight excluding hydrogens is 306 g/mol. The van der Waals surface area contributed by atoms with Crippen molar-refractivity contribution in [3.05, 3.63) is 34.4 Å². The average Bonchev–Trinajstić information content (AvgIpc) is 3.05. The molecule has 4 rings (SSSR count). The van der Waals surface area contributed by atoms with Crippen LogP contribution >= 0.6 is 0 Å². The first-order valence-corrected chi connectivity index (χ1v) is 7.48. The number of hydrogen-bond donors (Lipinski definition) is 0. The molecule has 0 amide bonds. The molecule has 0 N–H and O–H groups in total. The van der Waals surface area contributed by atoms with E-state index < -0.39 is 11.1 Å². The van der Waals surface area contributed by atoms with Crippen molar-refractivity contribution >= 4 is 11.8 Å². The molecule has 1 aromatic rings. The van der Waals surface area contributed by atoms with Crippen LogP contribution in [0.3, 0.4) is 0 Å². The fraction of sp³-hybridized carbons (Fsp3) is 0.533. The van der Waals surface area contributed by atoms with Crippen LogP contribution in [0.25, 0.3) is 0 Å². The number of carbonyl (C=O) groups excluding carboxylic acids is 1. The molecule has 5 atom stereocenters. The van der Waals surface area contributed by atoms with Crippen molar-refractivity contribution in [2.45, 2.75) is 18.8 Å². The topological polar surface area (TPSA) is 97.1 Å². The van der Waals surface area contributed by atoms with Crippen LogP contribution in [0.5, 0.6) is 5.75 Å². The van der Waals surface area contributed by atoms with Gasteiger partial charge in [0.1, 0.15) is 11.9 Å². The monoisotopic (exact) mass is 321 g/mol. The molecule has 23 heavy (non-hydrogen) atoms. The number of hydrogen-bond acceptors (Lipinski definition) is 7. The minimum atomic E-state index is -0.806. The van der Waals surface area contributed by atoms with Gasteiger partial charge in [0, 0.05) is 29.9 Å². The highest BCUT2D eigenvalue weighted by atomic mass is 16.7. The molecule has 3 fully saturated rings. The highest BCUT2D eigenvalue weighted by Crippen LogP contribution is 2.49. The first-order valence-electron chi connectivity index (χ1n) is 7.48. The highest BCUT2D eigenvalue weighted by molar-refractivity contribution is 5.64. The number of ether oxygens (including phenoxy) is 4. The first kappa shape index (κ1) is 14.4. The van der Waals surface area contributed by atoms with Crippen LogP contribution in [-0.4, -0.2) is 36.7 Å². The van der Waals surface area contributed by atoms with Gasteiger partial charge in [-0.05, 0) is 18.6 Å². The van der Waals surface area contributed by atoms with Crippen LogP contribution in [0.15, 0.2) is 24.3 Å². The third kappa shape index (κ3) is 2.53. The smallest absolute Gasteiger partial charge is 0.430 e. The van der Waals surface area contributed by atoms with Gasteiger partial charge in [-0.1, -0.05) is 0 Å². The lowest BCUT2D eigenvalue weighted by Crippen LogP contribution is -2.34. The number of nitro benzene ring substituents is 1. The van der Waals surface area contributed by atoms with E-state index in [-0.39, 0.29) is 41.6 Å². The van der Waals surface area contributed by atoms with Crippen molar-refractivity contribution < 1.29 is 28.7 Å². The zero-order chi connectivity index (χ0) is 16.0. The normalized spacial score (nSPS) is 34.2. The summed E-state index contributed by atoms with van der Waals surface area (Å²) in [7, 11) is 0. The Morgan fingerprint density at radius 1 is 1.17 bits per heavy atom. The Kier molecular flexibility index (Phi) is 3.42. The molecule has 2 aliphatic heterocycles. The fourth-order valence-corrected chi connectivity index (χ4v) is 3.72. The minimum Gasteiger partial charge on any atom is -0.430 e. The zero-order valence-corrected chi connectivity index (χ0v) is 12.1. The Labute approximate surface area is 131 Å². The van der Waals surface area contributed by atoms with Crippen molar-refractivity contribution in [1.29, 1.82) is 0 Å². The molecule has 122 valence electrons. The van der Waals surface area contributed by atoms with Crippen molar-refractivity contribution in [2.75, 3.05) is 13.2 Å². The van der Waals surface area contributed by atoms with E-state index in [1.807, 2.05) is 0 Å². The molecule has 2 heterocycles. The van der Waals surface area contributed by atoms with Crippen LogP contribution in [0.1, 0.15) is 6.42 Å². The maximum absolute atomic E-state index is 12.0. The molecule has 1 aliphatic carbocycles. The van der Waals surface area contributed by atoms with E-state index in [0.717, 1.165) is 6.42 Å². The van der Waals surface area contributed by atoms with Gasteiger partial charge in [-0.25, -0.2) is 4.79 Å². The zero-order valence-electron chi connectivity index (χ0n) is 12.1. The van der Waals surface area contributed by atoms with Crippen molar-refractivity contribution in [3.8, 4) is 5.75 Å². The molecule has 8 heteroatoms. The summed E-state index contributed by atoms with van der Waals surface area (Å²) in [6, 6.07) is 5.28. The summed E-state index contributed by atoms with van der Waals surface area (Å²) >= 11 is 0. The van der Waals surface area contributed by atoms with E-state index in [2.05, 4.69) is 0 Å². The molecule has 0 spiro atoms. The standard InChI is InChI=1S/C15H15NO7/c17-15(22-10-3-1-9(2-4-10)16(18)19)23-13-8-5-11-12(13)7-21-14(11)20-6-8/h1-4,8,11-14H,5-7H2/t8?,11?,12?,13-,14-/m0/s1. The Morgan fingerprint density at radius 3 is 2.65 bits per heavy atom. The van der Waals surface area contributed by atoms with Crippen LogP contribution in [-0.2, 0) is 14.2 Å². The van der Waals surface area contributed by atoms with Gasteiger partial charge in [0.05, 0.1) is 18.1 Å². The largest absolute Gasteiger partial charge is 0.514 e. The molecule has 3 unspecified atom stereocenters. The molecule has 0 radical (unpaired) electrons. The molecule has 0 aromatic heterocycles. The second-order valence-electron chi connectivity index (χ2n) is 6.04. The summed E-state index contributed by atoms with van der Waals surface area (Å²) in [6.07, 6.45) is -0.307. The Hall–Kier alpha value is -2.19. The lowest BCUT2D eigenvalue weighted by molar-refractivity contribution is -0.384. The summed E-state index contributed by atoms with van der Waals surface area (Å²) in [5.74, 6) is 0.816. The molecule has 2 saturated heterocycles. The van der Waals surface area contributed by atoms with Crippen LogP contribution < -0.4 is 4.74 Å². The maximum Gasteiger partial charge on any atom is 0.514 e. The Bertz CT molecular complexity index is 631. The quantitative estimate of drug-likeness (QED) is 0.364. The number of benzene rings is 1. The molecule has 1 saturated carbocycles. The number of nitrogens with zero attached hydrogens (tertiary/aromatic N) is 1. The lowest BCUT2D eigenvalue weighted by atomic mass is 9.98. The van der Waals surface area contributed by atoms with Crippen LogP contribution in [0.4, 0.5) is 10.5 Å². The van der Waals surface area contributed by atoms with Crippen molar-refractivity contribution in [1.82, 2.24) is 0 Å². The van der Waals surface area contributed by atoms with E-state index in [0.29, 0.717) is 13.2 Å². The third-order valence-electron chi connectivity index (χ3n) is 4.77. The number of nitro groups is 1. The summed E-state index contributed by atoms with van der Waals surface area (Å²) in [5, 5.41) is 10.6. The second-order valence-corrected chi connectivity index (χ2v) is 6.04. The van der Waals surface area contributed by atoms with Gasteiger partial charge in [-0.3, -0.25) is 10.1 Å². The number of carbonyl (C=O) groups is 1. The molecule has 1 aromatic carbocycles. The number of fused-ring (bicyclic) bond motifs is 1. The fourth-order valence-electron chi connectivity index (χ4n) is 3.72. The predicted octanol–water partition coefficient (Wildman–Crippen LogP) is 2.12. The van der Waals surface area contributed by atoms with Gasteiger partial charge in [-0.2, -0.15) is 0 Å². The first-order chi connectivity index (χ1) is 11.1. The SMILES string of the molecule is O=C(Oc1ccc([N+](=O)[O-])cc1)O[C@H]1C2CO[C@H]3OCC1C3C2. The Balaban J connectivity index is 1.39. The summed E-state index contributed by atoms with van der Waals surface area (Å²) in [6.45, 7) is 1.05. The predicted molar refractivity (Wildman–Crippen MR) is 74.8 cm³/mol. The second kappa shape index (κ2) is 5.47. The Morgan fingerprint density at radius 2 is 1.91 bits per heavy atom. The summed E-state index contributed by atoms with van der Waals surface area (Å²) in [4.78, 5) is 22.1. The van der Waals surface area contributed by atoms with Crippen LogP contribution in [0, 0.1) is 27.9 Å². The van der Waals surface area contributed by atoms with Gasteiger partial charge in [0.2, 0.25) is 0 Å². The molecule has 2 bridgehead atoms. The van der Waals surface area contributed by atoms with E-state index in [4.69, 9.17) is 18.9 Å². The minimum absolute atomic E-state index is 0.0680. The van der Waals surface area contributed by atoms with E-state index in [1.54, 1.807) is 0 Å². The van der Waals surface area contributed by atoms with Gasteiger partial charge in [0.25, 0.3) is 5.69 Å². The van der Waals surface area contributed by atoms with Gasteiger partial charge < -0.3 is 18.9 Å². The number of rotatable bonds is 3. The van der Waals surface area contributed by atoms with Gasteiger partial charge >= 0.3 is 6.16 Å². The van der Waals surface area contributed by atoms with Crippen molar-refractivity contribution in [3.63, 3.8) is 0 Å². The van der Waals surface area contributed by atoms with Crippen molar-refractivity contribution in [2.24, 2.45) is 17.8 Å². The summed E-state index contributed by atoms with van der Waals surface area (Å²) < 4.78 is 21.7. The number of non-ortho nitro benzene ring substituents is 1. The van der Waals surface area contributed by atoms with E-state index in [9.17, 15) is 14.9 Å². The molecule has 8 nitrogen and oxygen atoms in total. The van der Waals surface area contributed by atoms with Crippen LogP contribution in [0.2, 0.25) is 0 Å². The average molecular weight is 321 g/mol. The maximum atomic E-state index is 12.0. The van der Waals surface area contributed by atoms with Gasteiger partial charge in [-0.15, -0.1) is 0 Å². The van der Waals surface area contributed by atoms with E-state index >= 15 is 0 Å². The lowest BCUT2D eigenvalue weighted by Gasteiger charge is -2.27. The molecular formula is C15H15NO7.